The summed E-state index contributed by atoms with van der Waals surface area (Å²) in [5.74, 6) is -1.09. The first-order valence-corrected chi connectivity index (χ1v) is 6.64. The predicted molar refractivity (Wildman–Crippen MR) is 70.9 cm³/mol. The molecule has 0 aromatic heterocycles. The average molecular weight is 273 g/mol. The molecule has 0 spiro atoms. The van der Waals surface area contributed by atoms with Crippen molar-refractivity contribution in [2.75, 3.05) is 19.8 Å². The summed E-state index contributed by atoms with van der Waals surface area (Å²) in [5.41, 5.74) is 8.34. The normalized spacial score (nSPS) is 13.6. The van der Waals surface area contributed by atoms with Crippen molar-refractivity contribution in [2.24, 2.45) is 5.11 Å². The highest BCUT2D eigenvalue weighted by Gasteiger charge is 2.29. The number of rotatable bonds is 12. The van der Waals surface area contributed by atoms with Crippen LogP contribution in [-0.2, 0) is 14.3 Å². The van der Waals surface area contributed by atoms with E-state index in [4.69, 9.17) is 20.1 Å². The topological polar surface area (TPSA) is 105 Å². The Hall–Kier alpha value is -1.30. The Bertz CT molecular complexity index is 293. The van der Waals surface area contributed by atoms with Crippen molar-refractivity contribution in [2.45, 2.75) is 51.7 Å². The molecule has 0 fully saturated rings. The summed E-state index contributed by atoms with van der Waals surface area (Å²) >= 11 is 0. The van der Waals surface area contributed by atoms with Crippen LogP contribution in [0.3, 0.4) is 0 Å². The summed E-state index contributed by atoms with van der Waals surface area (Å²) in [4.78, 5) is 13.8. The molecule has 1 N–H and O–H groups in total. The molecule has 0 saturated carbocycles. The minimum atomic E-state index is -1.09. The molecule has 7 heteroatoms. The van der Waals surface area contributed by atoms with Gasteiger partial charge in [-0.3, -0.25) is 0 Å². The van der Waals surface area contributed by atoms with Crippen LogP contribution in [0.25, 0.3) is 10.4 Å². The van der Waals surface area contributed by atoms with Crippen LogP contribution in [0, 0.1) is 0 Å². The van der Waals surface area contributed by atoms with Gasteiger partial charge in [-0.15, -0.1) is 0 Å². The van der Waals surface area contributed by atoms with E-state index >= 15 is 0 Å². The maximum Gasteiger partial charge on any atom is 0.335 e. The highest BCUT2D eigenvalue weighted by molar-refractivity contribution is 5.73. The average Bonchev–Trinajstić information content (AvgIpc) is 2.39. The maximum atomic E-state index is 11.2. The summed E-state index contributed by atoms with van der Waals surface area (Å²) in [6.07, 6.45) is 1.65. The molecule has 0 bridgehead atoms. The van der Waals surface area contributed by atoms with Crippen molar-refractivity contribution in [1.82, 2.24) is 0 Å². The van der Waals surface area contributed by atoms with Crippen molar-refractivity contribution in [1.29, 1.82) is 0 Å². The first-order valence-electron chi connectivity index (χ1n) is 6.64. The van der Waals surface area contributed by atoms with Crippen molar-refractivity contribution in [3.8, 4) is 0 Å². The van der Waals surface area contributed by atoms with Crippen molar-refractivity contribution in [3.63, 3.8) is 0 Å². The molecule has 0 rings (SSSR count). The van der Waals surface area contributed by atoms with Gasteiger partial charge < -0.3 is 14.6 Å². The van der Waals surface area contributed by atoms with E-state index in [1.54, 1.807) is 0 Å². The third-order valence-electron chi connectivity index (χ3n) is 2.53. The van der Waals surface area contributed by atoms with Crippen LogP contribution in [0.1, 0.15) is 39.5 Å². The van der Waals surface area contributed by atoms with Crippen LogP contribution in [-0.4, -0.2) is 43.0 Å². The van der Waals surface area contributed by atoms with Crippen LogP contribution in [0.4, 0.5) is 0 Å². The first kappa shape index (κ1) is 17.7. The van der Waals surface area contributed by atoms with Crippen molar-refractivity contribution >= 4 is 5.97 Å². The van der Waals surface area contributed by atoms with Gasteiger partial charge >= 0.3 is 5.97 Å². The summed E-state index contributed by atoms with van der Waals surface area (Å²) in [7, 11) is 0. The Kier molecular flexibility index (Phi) is 11.0. The van der Waals surface area contributed by atoms with Crippen LogP contribution in [0.2, 0.25) is 0 Å². The standard InChI is InChI=1S/C12H23N3O4/c1-3-5-7-18-10(9-14-15-13)11(12(16)17)19-8-6-4-2/h10-11H,3-9H2,1-2H3,(H,16,17)/t10-,11-/m1/s1. The Morgan fingerprint density at radius 2 is 1.84 bits per heavy atom. The SMILES string of the molecule is CCCCO[C@H](CN=[N+]=[N-])[C@@H](OCCCC)C(=O)O. The zero-order valence-electron chi connectivity index (χ0n) is 11.6. The fraction of sp³-hybridized carbons (Fsp3) is 0.917. The lowest BCUT2D eigenvalue weighted by atomic mass is 10.2. The number of hydrogen-bond acceptors (Lipinski definition) is 4. The van der Waals surface area contributed by atoms with Crippen molar-refractivity contribution in [3.05, 3.63) is 10.4 Å². The lowest BCUT2D eigenvalue weighted by molar-refractivity contribution is -0.161. The predicted octanol–water partition coefficient (Wildman–Crippen LogP) is 2.75. The second-order valence-corrected chi connectivity index (χ2v) is 4.16. The molecule has 0 aromatic rings. The summed E-state index contributed by atoms with van der Waals surface area (Å²) < 4.78 is 10.8. The van der Waals surface area contributed by atoms with Gasteiger partial charge in [-0.2, -0.15) is 0 Å². The molecule has 7 nitrogen and oxygen atoms in total. The number of carbonyl (C=O) groups is 1. The van der Waals surface area contributed by atoms with Crippen molar-refractivity contribution < 1.29 is 19.4 Å². The molecule has 110 valence electrons. The number of unbranched alkanes of at least 4 members (excludes halogenated alkanes) is 2. The highest BCUT2D eigenvalue weighted by atomic mass is 16.6. The lowest BCUT2D eigenvalue weighted by Gasteiger charge is -2.23. The molecular formula is C12H23N3O4. The second kappa shape index (κ2) is 11.8. The monoisotopic (exact) mass is 273 g/mol. The van der Waals surface area contributed by atoms with Crippen LogP contribution in [0.5, 0.6) is 0 Å². The maximum absolute atomic E-state index is 11.2. The molecule has 0 unspecified atom stereocenters. The van der Waals surface area contributed by atoms with E-state index in [1.165, 1.54) is 0 Å². The third-order valence-corrected chi connectivity index (χ3v) is 2.53. The Labute approximate surface area is 113 Å². The number of carboxylic acid groups (broad SMARTS) is 1. The minimum absolute atomic E-state index is 0.0384. The van der Waals surface area contributed by atoms with E-state index in [-0.39, 0.29) is 6.54 Å². The number of aliphatic carboxylic acids is 1. The molecule has 0 aliphatic carbocycles. The van der Waals surface area contributed by atoms with E-state index in [0.29, 0.717) is 13.2 Å². The molecule has 0 saturated heterocycles. The number of nitrogens with zero attached hydrogens (tertiary/aromatic N) is 3. The quantitative estimate of drug-likeness (QED) is 0.255. The minimum Gasteiger partial charge on any atom is -0.479 e. The number of hydrogen-bond donors (Lipinski definition) is 1. The Morgan fingerprint density at radius 1 is 1.26 bits per heavy atom. The largest absolute Gasteiger partial charge is 0.479 e. The molecule has 2 atom stereocenters. The Balaban J connectivity index is 4.50. The van der Waals surface area contributed by atoms with Gasteiger partial charge in [0.15, 0.2) is 6.10 Å². The van der Waals surface area contributed by atoms with Crippen LogP contribution < -0.4 is 0 Å². The summed E-state index contributed by atoms with van der Waals surface area (Å²) in [6, 6.07) is 0. The highest BCUT2D eigenvalue weighted by Crippen LogP contribution is 2.09. The third kappa shape index (κ3) is 8.42. The van der Waals surface area contributed by atoms with Crippen LogP contribution in [0.15, 0.2) is 5.11 Å². The Morgan fingerprint density at radius 3 is 2.32 bits per heavy atom. The molecule has 19 heavy (non-hydrogen) atoms. The summed E-state index contributed by atoms with van der Waals surface area (Å²) in [6.45, 7) is 4.76. The number of azide groups is 1. The molecule has 0 heterocycles. The lowest BCUT2D eigenvalue weighted by Crippen LogP contribution is -2.40. The van der Waals surface area contributed by atoms with Gasteiger partial charge in [0.2, 0.25) is 0 Å². The first-order chi connectivity index (χ1) is 9.17. The van der Waals surface area contributed by atoms with E-state index in [0.717, 1.165) is 25.7 Å². The molecular weight excluding hydrogens is 250 g/mol. The van der Waals surface area contributed by atoms with E-state index < -0.39 is 18.2 Å². The molecule has 0 amide bonds. The van der Waals surface area contributed by atoms with E-state index in [9.17, 15) is 4.79 Å². The molecule has 0 aromatic carbocycles. The molecule has 0 aliphatic rings. The fourth-order valence-electron chi connectivity index (χ4n) is 1.42. The summed E-state index contributed by atoms with van der Waals surface area (Å²) in [5, 5.41) is 12.6. The van der Waals surface area contributed by atoms with Gasteiger partial charge in [-0.1, -0.05) is 31.8 Å². The van der Waals surface area contributed by atoms with Gasteiger partial charge in [-0.25, -0.2) is 4.79 Å². The van der Waals surface area contributed by atoms with Gasteiger partial charge in [0, 0.05) is 18.1 Å². The zero-order chi connectivity index (χ0) is 14.5. The molecule has 0 aliphatic heterocycles. The fourth-order valence-corrected chi connectivity index (χ4v) is 1.42. The molecule has 0 radical (unpaired) electrons. The van der Waals surface area contributed by atoms with Gasteiger partial charge in [0.1, 0.15) is 6.10 Å². The smallest absolute Gasteiger partial charge is 0.335 e. The number of carboxylic acids is 1. The zero-order valence-corrected chi connectivity index (χ0v) is 11.6. The van der Waals surface area contributed by atoms with Crippen LogP contribution >= 0.6 is 0 Å². The van der Waals surface area contributed by atoms with E-state index in [1.807, 2.05) is 13.8 Å². The van der Waals surface area contributed by atoms with Gasteiger partial charge in [0.25, 0.3) is 0 Å². The van der Waals surface area contributed by atoms with Gasteiger partial charge in [-0.05, 0) is 18.4 Å². The van der Waals surface area contributed by atoms with E-state index in [2.05, 4.69) is 10.0 Å². The van der Waals surface area contributed by atoms with Gasteiger partial charge in [0.05, 0.1) is 6.54 Å². The number of ether oxygens (including phenoxy) is 2. The second-order valence-electron chi connectivity index (χ2n) is 4.16.